The van der Waals surface area contributed by atoms with Gasteiger partial charge >= 0.3 is 11.8 Å². The van der Waals surface area contributed by atoms with E-state index in [4.69, 9.17) is 9.15 Å². The highest BCUT2D eigenvalue weighted by Crippen LogP contribution is 2.15. The van der Waals surface area contributed by atoms with E-state index in [0.717, 1.165) is 0 Å². The number of piperazine rings is 1. The quantitative estimate of drug-likeness (QED) is 0.834. The summed E-state index contributed by atoms with van der Waals surface area (Å²) in [5.74, 6) is -0.620. The van der Waals surface area contributed by atoms with Gasteiger partial charge < -0.3 is 24.3 Å². The van der Waals surface area contributed by atoms with Gasteiger partial charge in [-0.1, -0.05) is 0 Å². The standard InChI is InChI=1S/C18H19N3O5/c1-25-14-6-4-13(5-7-14)19-16(22)18(24)21-10-8-20(9-11-21)17(23)15-3-2-12-26-15/h2-7,12H,8-11H2,1H3,(H,19,22). The van der Waals surface area contributed by atoms with Gasteiger partial charge in [0.2, 0.25) is 0 Å². The molecule has 8 heteroatoms. The first kappa shape index (κ1) is 17.5. The Kier molecular flexibility index (Phi) is 5.21. The van der Waals surface area contributed by atoms with Crippen molar-refractivity contribution in [3.05, 3.63) is 48.4 Å². The molecule has 1 saturated heterocycles. The van der Waals surface area contributed by atoms with Crippen LogP contribution in [-0.2, 0) is 9.59 Å². The minimum absolute atomic E-state index is 0.218. The fraction of sp³-hybridized carbons (Fsp3) is 0.278. The first-order valence-electron chi connectivity index (χ1n) is 8.15. The molecule has 1 aliphatic heterocycles. The minimum Gasteiger partial charge on any atom is -0.497 e. The SMILES string of the molecule is COc1ccc(NC(=O)C(=O)N2CCN(C(=O)c3ccco3)CC2)cc1. The average molecular weight is 357 g/mol. The number of anilines is 1. The molecule has 3 amide bonds. The summed E-state index contributed by atoms with van der Waals surface area (Å²) < 4.78 is 10.1. The Morgan fingerprint density at radius 3 is 2.23 bits per heavy atom. The fourth-order valence-electron chi connectivity index (χ4n) is 2.67. The molecule has 3 rings (SSSR count). The van der Waals surface area contributed by atoms with Crippen molar-refractivity contribution >= 4 is 23.4 Å². The maximum absolute atomic E-state index is 12.3. The molecule has 1 aromatic heterocycles. The number of hydrogen-bond acceptors (Lipinski definition) is 5. The van der Waals surface area contributed by atoms with E-state index in [0.29, 0.717) is 37.6 Å². The molecule has 1 fully saturated rings. The number of nitrogens with one attached hydrogen (secondary N) is 1. The fourth-order valence-corrected chi connectivity index (χ4v) is 2.67. The van der Waals surface area contributed by atoms with Crippen LogP contribution in [0.4, 0.5) is 5.69 Å². The lowest BCUT2D eigenvalue weighted by molar-refractivity contribution is -0.144. The highest BCUT2D eigenvalue weighted by atomic mass is 16.5. The number of nitrogens with zero attached hydrogens (tertiary/aromatic N) is 2. The Hall–Kier alpha value is -3.29. The molecule has 0 spiro atoms. The molecule has 0 radical (unpaired) electrons. The molecular weight excluding hydrogens is 338 g/mol. The van der Waals surface area contributed by atoms with Crippen LogP contribution in [0.1, 0.15) is 10.6 Å². The Bertz CT molecular complexity index is 778. The van der Waals surface area contributed by atoms with Gasteiger partial charge in [-0.2, -0.15) is 0 Å². The van der Waals surface area contributed by atoms with Gasteiger partial charge in [-0.25, -0.2) is 0 Å². The van der Waals surface area contributed by atoms with Gasteiger partial charge in [0.1, 0.15) is 5.75 Å². The normalized spacial score (nSPS) is 14.0. The number of hydrogen-bond donors (Lipinski definition) is 1. The van der Waals surface area contributed by atoms with Crippen LogP contribution in [0.2, 0.25) is 0 Å². The molecule has 8 nitrogen and oxygen atoms in total. The number of carbonyl (C=O) groups excluding carboxylic acids is 3. The third-order valence-corrected chi connectivity index (χ3v) is 4.13. The van der Waals surface area contributed by atoms with Crippen LogP contribution < -0.4 is 10.1 Å². The van der Waals surface area contributed by atoms with Gasteiger partial charge in [-0.3, -0.25) is 14.4 Å². The van der Waals surface area contributed by atoms with Gasteiger partial charge in [-0.05, 0) is 36.4 Å². The lowest BCUT2D eigenvalue weighted by Gasteiger charge is -2.33. The second-order valence-corrected chi connectivity index (χ2v) is 5.74. The van der Waals surface area contributed by atoms with Crippen LogP contribution in [0.25, 0.3) is 0 Å². The molecule has 136 valence electrons. The maximum atomic E-state index is 12.3. The highest BCUT2D eigenvalue weighted by Gasteiger charge is 2.29. The number of ether oxygens (including phenoxy) is 1. The second-order valence-electron chi connectivity index (χ2n) is 5.74. The molecular formula is C18H19N3O5. The molecule has 2 heterocycles. The van der Waals surface area contributed by atoms with E-state index >= 15 is 0 Å². The van der Waals surface area contributed by atoms with Crippen molar-refractivity contribution < 1.29 is 23.5 Å². The number of amides is 3. The lowest BCUT2D eigenvalue weighted by atomic mass is 10.2. The molecule has 0 unspecified atom stereocenters. The number of furan rings is 1. The van der Waals surface area contributed by atoms with Crippen molar-refractivity contribution in [1.82, 2.24) is 9.80 Å². The van der Waals surface area contributed by atoms with E-state index in [2.05, 4.69) is 5.32 Å². The Morgan fingerprint density at radius 2 is 1.65 bits per heavy atom. The van der Waals surface area contributed by atoms with Gasteiger partial charge in [0.05, 0.1) is 13.4 Å². The largest absolute Gasteiger partial charge is 0.497 e. The summed E-state index contributed by atoms with van der Waals surface area (Å²) in [5.41, 5.74) is 0.510. The first-order valence-corrected chi connectivity index (χ1v) is 8.15. The summed E-state index contributed by atoms with van der Waals surface area (Å²) in [6.07, 6.45) is 1.44. The van der Waals surface area contributed by atoms with Gasteiger partial charge in [-0.15, -0.1) is 0 Å². The highest BCUT2D eigenvalue weighted by molar-refractivity contribution is 6.39. The number of rotatable bonds is 3. The molecule has 26 heavy (non-hydrogen) atoms. The first-order chi connectivity index (χ1) is 12.6. The predicted octanol–water partition coefficient (Wildman–Crippen LogP) is 1.21. The van der Waals surface area contributed by atoms with Crippen LogP contribution in [0.3, 0.4) is 0 Å². The molecule has 0 saturated carbocycles. The van der Waals surface area contributed by atoms with Crippen molar-refractivity contribution in [2.45, 2.75) is 0 Å². The number of methoxy groups -OCH3 is 1. The molecule has 1 aliphatic rings. The molecule has 2 aromatic rings. The van der Waals surface area contributed by atoms with E-state index in [1.165, 1.54) is 11.2 Å². The lowest BCUT2D eigenvalue weighted by Crippen LogP contribution is -2.52. The minimum atomic E-state index is -0.707. The maximum Gasteiger partial charge on any atom is 0.313 e. The number of carbonyl (C=O) groups is 3. The van der Waals surface area contributed by atoms with Gasteiger partial charge in [0.15, 0.2) is 5.76 Å². The van der Waals surface area contributed by atoms with Crippen molar-refractivity contribution in [2.75, 3.05) is 38.6 Å². The second kappa shape index (κ2) is 7.73. The Morgan fingerprint density at radius 1 is 1.00 bits per heavy atom. The van der Waals surface area contributed by atoms with Gasteiger partial charge in [0.25, 0.3) is 5.91 Å². The monoisotopic (exact) mass is 357 g/mol. The van der Waals surface area contributed by atoms with E-state index in [-0.39, 0.29) is 11.7 Å². The number of benzene rings is 1. The van der Waals surface area contributed by atoms with Crippen LogP contribution in [0, 0.1) is 0 Å². The van der Waals surface area contributed by atoms with Crippen LogP contribution in [0.5, 0.6) is 5.75 Å². The molecule has 0 atom stereocenters. The van der Waals surface area contributed by atoms with Crippen LogP contribution in [-0.4, -0.2) is 60.8 Å². The molecule has 1 N–H and O–H groups in total. The average Bonchev–Trinajstić information content (AvgIpc) is 3.22. The van der Waals surface area contributed by atoms with E-state index < -0.39 is 11.8 Å². The van der Waals surface area contributed by atoms with Crippen molar-refractivity contribution in [1.29, 1.82) is 0 Å². The summed E-state index contributed by atoms with van der Waals surface area (Å²) in [6.45, 7) is 1.28. The third-order valence-electron chi connectivity index (χ3n) is 4.13. The molecule has 0 aliphatic carbocycles. The summed E-state index contributed by atoms with van der Waals surface area (Å²) in [4.78, 5) is 39.7. The molecule has 0 bridgehead atoms. The van der Waals surface area contributed by atoms with Crippen LogP contribution >= 0.6 is 0 Å². The molecule has 1 aromatic carbocycles. The topological polar surface area (TPSA) is 92.1 Å². The third kappa shape index (κ3) is 3.85. The van der Waals surface area contributed by atoms with Crippen molar-refractivity contribution in [3.8, 4) is 5.75 Å². The summed E-state index contributed by atoms with van der Waals surface area (Å²) in [7, 11) is 1.55. The smallest absolute Gasteiger partial charge is 0.313 e. The summed E-state index contributed by atoms with van der Waals surface area (Å²) in [5, 5.41) is 2.57. The zero-order valence-corrected chi connectivity index (χ0v) is 14.3. The Labute approximate surface area is 150 Å². The van der Waals surface area contributed by atoms with Crippen molar-refractivity contribution in [3.63, 3.8) is 0 Å². The Balaban J connectivity index is 1.52. The zero-order valence-electron chi connectivity index (χ0n) is 14.3. The summed E-state index contributed by atoms with van der Waals surface area (Å²) in [6, 6.07) is 9.95. The van der Waals surface area contributed by atoms with E-state index in [1.807, 2.05) is 0 Å². The summed E-state index contributed by atoms with van der Waals surface area (Å²) >= 11 is 0. The zero-order chi connectivity index (χ0) is 18.5. The van der Waals surface area contributed by atoms with E-state index in [1.54, 1.807) is 48.4 Å². The van der Waals surface area contributed by atoms with Crippen LogP contribution in [0.15, 0.2) is 47.1 Å². The predicted molar refractivity (Wildman–Crippen MR) is 92.8 cm³/mol. The van der Waals surface area contributed by atoms with E-state index in [9.17, 15) is 14.4 Å². The van der Waals surface area contributed by atoms with Gasteiger partial charge in [0, 0.05) is 31.9 Å². The van der Waals surface area contributed by atoms with Crippen molar-refractivity contribution in [2.24, 2.45) is 0 Å².